The lowest BCUT2D eigenvalue weighted by Crippen LogP contribution is -2.66. The summed E-state index contributed by atoms with van der Waals surface area (Å²) in [6, 6.07) is -0.965. The molecule has 12 N–H and O–H groups in total. The molecule has 19 nitrogen and oxygen atoms in total. The fourth-order valence-electron chi connectivity index (χ4n) is 10.7. The van der Waals surface area contributed by atoms with Crippen LogP contribution in [0.3, 0.4) is 0 Å². The van der Waals surface area contributed by atoms with E-state index in [1.165, 1.54) is 180 Å². The predicted molar refractivity (Wildman–Crippen MR) is 296 cm³/mol. The van der Waals surface area contributed by atoms with Crippen LogP contribution >= 0.6 is 0 Å². The molecule has 1 amide bonds. The average molecular weight is 1120 g/mol. The number of allylic oxidation sites excluding steroid dienone is 1. The molecule has 0 aromatic rings. The van der Waals surface area contributed by atoms with E-state index >= 15 is 0 Å². The van der Waals surface area contributed by atoms with Crippen molar-refractivity contribution in [2.45, 2.75) is 330 Å². The normalized spacial score (nSPS) is 30.5. The first-order chi connectivity index (χ1) is 37.8. The van der Waals surface area contributed by atoms with E-state index < -0.39 is 124 Å². The number of amides is 1. The van der Waals surface area contributed by atoms with Crippen LogP contribution in [-0.4, -0.2) is 193 Å². The summed E-state index contributed by atoms with van der Waals surface area (Å²) in [7, 11) is 0. The minimum absolute atomic E-state index is 0.126. The molecule has 3 rings (SSSR count). The van der Waals surface area contributed by atoms with Crippen molar-refractivity contribution in [2.75, 3.05) is 26.4 Å². The Bertz CT molecular complexity index is 1480. The Morgan fingerprint density at radius 2 is 0.782 bits per heavy atom. The zero-order chi connectivity index (χ0) is 56.9. The maximum absolute atomic E-state index is 12.4. The Morgan fingerprint density at radius 3 is 1.15 bits per heavy atom. The van der Waals surface area contributed by atoms with Crippen LogP contribution in [0.4, 0.5) is 0 Å². The third-order valence-corrected chi connectivity index (χ3v) is 15.9. The van der Waals surface area contributed by atoms with E-state index in [4.69, 9.17) is 28.4 Å². The van der Waals surface area contributed by atoms with Gasteiger partial charge in [-0.3, -0.25) is 4.79 Å². The molecule has 19 heteroatoms. The summed E-state index contributed by atoms with van der Waals surface area (Å²) < 4.78 is 33.8. The number of carbonyl (C=O) groups is 1. The average Bonchev–Trinajstić information content (AvgIpc) is 3.45. The van der Waals surface area contributed by atoms with Gasteiger partial charge < -0.3 is 89.9 Å². The lowest BCUT2D eigenvalue weighted by atomic mass is 9.96. The number of ether oxygens (including phenoxy) is 6. The standard InChI is InChI=1S/C59H111NO18/c1-3-5-6-7-8-9-10-11-12-13-14-15-16-17-18-19-20-21-22-23-24-25-26-27-28-29-30-31-32-33-34-35-36-37-43(64)42(60-47(65)4-2)41-73-57-53(71)50(68)55(45(39-62)75-57)78-59-54(72)51(69)56(46(40-63)76-59)77-58-52(70)49(67)48(66)44(38-61)74-58/h36-37,42-46,48-59,61-64,66-72H,3-35,38-41H2,1-2H3,(H,60,65)/b37-36+. The monoisotopic (exact) mass is 1120 g/mol. The van der Waals surface area contributed by atoms with E-state index in [1.54, 1.807) is 13.0 Å². The van der Waals surface area contributed by atoms with E-state index in [0.29, 0.717) is 0 Å². The molecule has 3 fully saturated rings. The van der Waals surface area contributed by atoms with Gasteiger partial charge in [0.1, 0.15) is 73.2 Å². The molecule has 0 spiro atoms. The molecule has 0 saturated carbocycles. The largest absolute Gasteiger partial charge is 0.394 e. The van der Waals surface area contributed by atoms with E-state index in [9.17, 15) is 61.0 Å². The highest BCUT2D eigenvalue weighted by Gasteiger charge is 2.53. The molecule has 460 valence electrons. The van der Waals surface area contributed by atoms with Crippen LogP contribution in [0.5, 0.6) is 0 Å². The lowest BCUT2D eigenvalue weighted by Gasteiger charge is -2.48. The number of hydrogen-bond acceptors (Lipinski definition) is 18. The second-order valence-corrected chi connectivity index (χ2v) is 22.5. The quantitative estimate of drug-likeness (QED) is 0.0254. The second kappa shape index (κ2) is 43.2. The summed E-state index contributed by atoms with van der Waals surface area (Å²) in [5.74, 6) is -0.362. The SMILES string of the molecule is CCCCCCCCCCCCCCCCCCCCCCCCCCCCCCCCC/C=C/C(O)C(COC1OC(CO)C(OC2OC(CO)C(OC3OC(CO)C(O)C(O)C3O)C(O)C2O)C(O)C1O)NC(=O)CC. The van der Waals surface area contributed by atoms with E-state index in [2.05, 4.69) is 12.2 Å². The van der Waals surface area contributed by atoms with Crippen LogP contribution in [0.15, 0.2) is 12.2 Å². The van der Waals surface area contributed by atoms with E-state index in [-0.39, 0.29) is 18.9 Å². The Hall–Kier alpha value is -1.47. The molecule has 17 unspecified atom stereocenters. The van der Waals surface area contributed by atoms with Gasteiger partial charge >= 0.3 is 0 Å². The molecule has 3 aliphatic rings. The van der Waals surface area contributed by atoms with Gasteiger partial charge in [0.2, 0.25) is 5.91 Å². The van der Waals surface area contributed by atoms with Crippen molar-refractivity contribution in [3.63, 3.8) is 0 Å². The highest BCUT2D eigenvalue weighted by Crippen LogP contribution is 2.33. The Balaban J connectivity index is 1.23. The number of unbranched alkanes of at least 4 members (excludes halogenated alkanes) is 31. The summed E-state index contributed by atoms with van der Waals surface area (Å²) in [6.45, 7) is 1.16. The zero-order valence-corrected chi connectivity index (χ0v) is 47.9. The zero-order valence-electron chi connectivity index (χ0n) is 47.9. The molecule has 17 atom stereocenters. The van der Waals surface area contributed by atoms with Crippen molar-refractivity contribution in [3.8, 4) is 0 Å². The molecule has 0 aromatic heterocycles. The Labute approximate surface area is 467 Å². The van der Waals surface area contributed by atoms with Gasteiger partial charge in [-0.25, -0.2) is 0 Å². The van der Waals surface area contributed by atoms with Crippen molar-refractivity contribution >= 4 is 5.91 Å². The van der Waals surface area contributed by atoms with E-state index in [0.717, 1.165) is 25.7 Å². The van der Waals surface area contributed by atoms with Crippen LogP contribution in [0.25, 0.3) is 0 Å². The van der Waals surface area contributed by atoms with Crippen molar-refractivity contribution in [2.24, 2.45) is 0 Å². The minimum atomic E-state index is -1.97. The maximum Gasteiger partial charge on any atom is 0.220 e. The third-order valence-electron chi connectivity index (χ3n) is 15.9. The Morgan fingerprint density at radius 1 is 0.449 bits per heavy atom. The van der Waals surface area contributed by atoms with Crippen LogP contribution < -0.4 is 5.32 Å². The summed E-state index contributed by atoms with van der Waals surface area (Å²) >= 11 is 0. The van der Waals surface area contributed by atoms with Gasteiger partial charge in [0.15, 0.2) is 18.9 Å². The first kappa shape index (κ1) is 70.8. The molecule has 3 heterocycles. The molecular formula is C59H111NO18. The van der Waals surface area contributed by atoms with Gasteiger partial charge in [0.25, 0.3) is 0 Å². The Kier molecular flexibility index (Phi) is 39.2. The third kappa shape index (κ3) is 26.8. The lowest BCUT2D eigenvalue weighted by molar-refractivity contribution is -0.379. The fraction of sp³-hybridized carbons (Fsp3) is 0.949. The molecule has 0 aromatic carbocycles. The number of aliphatic hydroxyl groups is 11. The van der Waals surface area contributed by atoms with Gasteiger partial charge in [-0.05, 0) is 12.8 Å². The van der Waals surface area contributed by atoms with Crippen LogP contribution in [0.2, 0.25) is 0 Å². The number of carbonyl (C=O) groups excluding carboxylic acids is 1. The second-order valence-electron chi connectivity index (χ2n) is 22.5. The summed E-state index contributed by atoms with van der Waals surface area (Å²) in [5, 5.41) is 119. The molecule has 3 aliphatic heterocycles. The topological polar surface area (TPSA) is 307 Å². The minimum Gasteiger partial charge on any atom is -0.394 e. The van der Waals surface area contributed by atoms with Crippen LogP contribution in [0.1, 0.15) is 226 Å². The summed E-state index contributed by atoms with van der Waals surface area (Å²) in [5.41, 5.74) is 0. The number of hydrogen-bond donors (Lipinski definition) is 12. The molecule has 78 heavy (non-hydrogen) atoms. The van der Waals surface area contributed by atoms with Crippen molar-refractivity contribution in [3.05, 3.63) is 12.2 Å². The fourth-order valence-corrected chi connectivity index (χ4v) is 10.7. The smallest absolute Gasteiger partial charge is 0.220 e. The predicted octanol–water partition coefficient (Wildman–Crippen LogP) is 5.77. The first-order valence-corrected chi connectivity index (χ1v) is 30.9. The number of rotatable bonds is 46. The highest BCUT2D eigenvalue weighted by atomic mass is 16.8. The van der Waals surface area contributed by atoms with Gasteiger partial charge in [-0.15, -0.1) is 0 Å². The van der Waals surface area contributed by atoms with Gasteiger partial charge in [0.05, 0.1) is 38.6 Å². The van der Waals surface area contributed by atoms with Crippen molar-refractivity contribution in [1.82, 2.24) is 5.32 Å². The van der Waals surface area contributed by atoms with Crippen LogP contribution in [0, 0.1) is 0 Å². The van der Waals surface area contributed by atoms with Gasteiger partial charge in [-0.1, -0.05) is 219 Å². The number of nitrogens with one attached hydrogen (secondary N) is 1. The van der Waals surface area contributed by atoms with Gasteiger partial charge in [0, 0.05) is 6.42 Å². The molecule has 0 bridgehead atoms. The molecule has 0 aliphatic carbocycles. The van der Waals surface area contributed by atoms with E-state index in [1.807, 2.05) is 6.08 Å². The van der Waals surface area contributed by atoms with Gasteiger partial charge in [-0.2, -0.15) is 0 Å². The van der Waals surface area contributed by atoms with Crippen molar-refractivity contribution in [1.29, 1.82) is 0 Å². The molecular weight excluding hydrogens is 1010 g/mol. The summed E-state index contributed by atoms with van der Waals surface area (Å²) in [4.78, 5) is 12.4. The molecule has 3 saturated heterocycles. The van der Waals surface area contributed by atoms with Crippen LogP contribution in [-0.2, 0) is 33.2 Å². The summed E-state index contributed by atoms with van der Waals surface area (Å²) in [6.07, 6.45) is 19.6. The van der Waals surface area contributed by atoms with Crippen molar-refractivity contribution < 1.29 is 89.4 Å². The highest BCUT2D eigenvalue weighted by molar-refractivity contribution is 5.75. The number of aliphatic hydroxyl groups excluding tert-OH is 11. The maximum atomic E-state index is 12.4. The molecule has 0 radical (unpaired) electrons. The first-order valence-electron chi connectivity index (χ1n) is 30.9.